The summed E-state index contributed by atoms with van der Waals surface area (Å²) in [5.41, 5.74) is 3.10. The van der Waals surface area contributed by atoms with Crippen molar-refractivity contribution in [2.24, 2.45) is 15.9 Å². The highest BCUT2D eigenvalue weighted by Crippen LogP contribution is 2.22. The lowest BCUT2D eigenvalue weighted by atomic mass is 10.1. The van der Waals surface area contributed by atoms with E-state index in [1.165, 1.54) is 11.8 Å². The Hall–Kier alpha value is -0.880. The highest BCUT2D eigenvalue weighted by molar-refractivity contribution is 8.13. The fourth-order valence-corrected chi connectivity index (χ4v) is 2.03. The highest BCUT2D eigenvalue weighted by Gasteiger charge is 2.41. The minimum Gasteiger partial charge on any atom is -0.273 e. The van der Waals surface area contributed by atoms with E-state index in [0.717, 1.165) is 5.17 Å². The molecule has 2 rings (SSSR count). The number of amidine groups is 1. The van der Waals surface area contributed by atoms with Crippen molar-refractivity contribution < 1.29 is 4.79 Å². The van der Waals surface area contributed by atoms with Crippen molar-refractivity contribution in [3.63, 3.8) is 0 Å². The van der Waals surface area contributed by atoms with Crippen molar-refractivity contribution in [2.75, 3.05) is 6.26 Å². The zero-order chi connectivity index (χ0) is 11.0. The molecular formula is C9H14N4OS. The molecule has 0 bridgehead atoms. The number of fused-ring (bicyclic) bond motifs is 1. The molecule has 2 aliphatic heterocycles. The fraction of sp³-hybridized carbons (Fsp3) is 0.667. The van der Waals surface area contributed by atoms with Gasteiger partial charge in [-0.15, -0.1) is 0 Å². The summed E-state index contributed by atoms with van der Waals surface area (Å²) in [6.45, 7) is 3.94. The topological polar surface area (TPSA) is 57.1 Å². The van der Waals surface area contributed by atoms with Gasteiger partial charge in [-0.3, -0.25) is 9.80 Å². The average Bonchev–Trinajstić information content (AvgIpc) is 2.55. The summed E-state index contributed by atoms with van der Waals surface area (Å²) in [6.07, 6.45) is 3.45. The first kappa shape index (κ1) is 10.6. The van der Waals surface area contributed by atoms with E-state index in [-0.39, 0.29) is 24.0 Å². The number of thioether (sulfide) groups is 1. The van der Waals surface area contributed by atoms with Crippen LogP contribution in [-0.2, 0) is 4.79 Å². The van der Waals surface area contributed by atoms with Crippen molar-refractivity contribution in [1.82, 2.24) is 10.4 Å². The molecular weight excluding hydrogens is 212 g/mol. The molecule has 2 atom stereocenters. The maximum Gasteiger partial charge on any atom is 0.249 e. The zero-order valence-corrected chi connectivity index (χ0v) is 9.78. The molecule has 82 valence electrons. The zero-order valence-electron chi connectivity index (χ0n) is 8.97. The smallest absolute Gasteiger partial charge is 0.249 e. The van der Waals surface area contributed by atoms with Gasteiger partial charge in [0.1, 0.15) is 12.1 Å². The molecule has 1 amide bonds. The van der Waals surface area contributed by atoms with Gasteiger partial charge in [0, 0.05) is 12.3 Å². The van der Waals surface area contributed by atoms with Crippen molar-refractivity contribution in [1.29, 1.82) is 0 Å². The molecule has 1 N–H and O–H groups in total. The average molecular weight is 226 g/mol. The van der Waals surface area contributed by atoms with E-state index < -0.39 is 0 Å². The van der Waals surface area contributed by atoms with Gasteiger partial charge in [-0.25, -0.2) is 15.4 Å². The van der Waals surface area contributed by atoms with E-state index in [1.807, 2.05) is 20.1 Å². The van der Waals surface area contributed by atoms with Crippen molar-refractivity contribution in [2.45, 2.75) is 26.1 Å². The maximum absolute atomic E-state index is 11.9. The van der Waals surface area contributed by atoms with Crippen LogP contribution in [0, 0.1) is 5.92 Å². The van der Waals surface area contributed by atoms with Gasteiger partial charge in [-0.1, -0.05) is 11.8 Å². The molecule has 2 aliphatic rings. The molecule has 0 aromatic heterocycles. The molecule has 0 spiro atoms. The molecule has 0 aliphatic carbocycles. The van der Waals surface area contributed by atoms with E-state index in [0.29, 0.717) is 0 Å². The Morgan fingerprint density at radius 1 is 1.60 bits per heavy atom. The Labute approximate surface area is 93.0 Å². The summed E-state index contributed by atoms with van der Waals surface area (Å²) in [7, 11) is 0. The minimum atomic E-state index is -0.233. The number of hydrogen-bond donors (Lipinski definition) is 1. The van der Waals surface area contributed by atoms with Gasteiger partial charge in [-0.05, 0) is 20.1 Å². The summed E-state index contributed by atoms with van der Waals surface area (Å²) < 4.78 is 0. The van der Waals surface area contributed by atoms with E-state index in [1.54, 1.807) is 11.2 Å². The second kappa shape index (κ2) is 3.94. The Bertz CT molecular complexity index is 339. The number of hydrazine groups is 1. The number of carbonyl (C=O) groups excluding carboxylic acids is 1. The fourth-order valence-electron chi connectivity index (χ4n) is 1.64. The van der Waals surface area contributed by atoms with Gasteiger partial charge in [0.2, 0.25) is 5.91 Å². The summed E-state index contributed by atoms with van der Waals surface area (Å²) in [5.74, 6) is -0.175. The molecule has 2 heterocycles. The number of rotatable bonds is 1. The van der Waals surface area contributed by atoms with Crippen molar-refractivity contribution in [3.8, 4) is 0 Å². The molecule has 15 heavy (non-hydrogen) atoms. The summed E-state index contributed by atoms with van der Waals surface area (Å²) in [5, 5.41) is 2.36. The number of hydrogen-bond acceptors (Lipinski definition) is 5. The molecule has 5 nitrogen and oxygen atoms in total. The predicted octanol–water partition coefficient (Wildman–Crippen LogP) is 0.487. The first-order valence-corrected chi connectivity index (χ1v) is 6.11. The van der Waals surface area contributed by atoms with Crippen LogP contribution in [0.5, 0.6) is 0 Å². The third kappa shape index (κ3) is 1.79. The largest absolute Gasteiger partial charge is 0.273 e. The monoisotopic (exact) mass is 226 g/mol. The van der Waals surface area contributed by atoms with Gasteiger partial charge in [0.25, 0.3) is 0 Å². The first-order valence-electron chi connectivity index (χ1n) is 4.88. The van der Waals surface area contributed by atoms with E-state index in [9.17, 15) is 4.79 Å². The normalized spacial score (nSPS) is 29.7. The minimum absolute atomic E-state index is 0.0580. The Balaban J connectivity index is 2.19. The number of nitrogens with one attached hydrogen (secondary N) is 1. The molecule has 0 radical (unpaired) electrons. The van der Waals surface area contributed by atoms with Crippen LogP contribution < -0.4 is 5.43 Å². The molecule has 0 aromatic carbocycles. The van der Waals surface area contributed by atoms with Crippen molar-refractivity contribution in [3.05, 3.63) is 0 Å². The van der Waals surface area contributed by atoms with Crippen LogP contribution in [-0.4, -0.2) is 40.8 Å². The van der Waals surface area contributed by atoms with Crippen LogP contribution in [0.15, 0.2) is 9.98 Å². The van der Waals surface area contributed by atoms with Gasteiger partial charge in [0.15, 0.2) is 5.17 Å². The van der Waals surface area contributed by atoms with Crippen LogP contribution >= 0.6 is 11.8 Å². The quantitative estimate of drug-likeness (QED) is 0.708. The SMILES string of the molecule is CSC1=NC2NN(C(C)C)C(=O)C2C=N1. The van der Waals surface area contributed by atoms with Crippen LogP contribution in [0.2, 0.25) is 0 Å². The Morgan fingerprint density at radius 3 is 2.93 bits per heavy atom. The van der Waals surface area contributed by atoms with Crippen LogP contribution in [0.25, 0.3) is 0 Å². The van der Waals surface area contributed by atoms with Gasteiger partial charge < -0.3 is 0 Å². The number of nitrogens with zero attached hydrogens (tertiary/aromatic N) is 3. The second-order valence-corrected chi connectivity index (χ2v) is 4.57. The lowest BCUT2D eigenvalue weighted by molar-refractivity contribution is -0.132. The first-order chi connectivity index (χ1) is 7.13. The second-order valence-electron chi connectivity index (χ2n) is 3.80. The lowest BCUT2D eigenvalue weighted by Gasteiger charge is -2.20. The lowest BCUT2D eigenvalue weighted by Crippen LogP contribution is -2.42. The predicted molar refractivity (Wildman–Crippen MR) is 61.8 cm³/mol. The molecule has 1 saturated heterocycles. The molecule has 0 aromatic rings. The van der Waals surface area contributed by atoms with E-state index in [2.05, 4.69) is 15.4 Å². The molecule has 1 fully saturated rings. The third-order valence-electron chi connectivity index (χ3n) is 2.43. The summed E-state index contributed by atoms with van der Waals surface area (Å²) in [6, 6.07) is 0.143. The van der Waals surface area contributed by atoms with Crippen LogP contribution in [0.1, 0.15) is 13.8 Å². The highest BCUT2D eigenvalue weighted by atomic mass is 32.2. The molecule has 2 unspecified atom stereocenters. The van der Waals surface area contributed by atoms with E-state index >= 15 is 0 Å². The molecule has 6 heteroatoms. The van der Waals surface area contributed by atoms with Crippen LogP contribution in [0.4, 0.5) is 0 Å². The molecule has 0 saturated carbocycles. The van der Waals surface area contributed by atoms with Gasteiger partial charge in [0.05, 0.1) is 0 Å². The van der Waals surface area contributed by atoms with Crippen LogP contribution in [0.3, 0.4) is 0 Å². The third-order valence-corrected chi connectivity index (χ3v) is 3.00. The number of aliphatic imine (C=N–C) groups is 2. The summed E-state index contributed by atoms with van der Waals surface area (Å²) in [4.78, 5) is 20.4. The number of carbonyl (C=O) groups is 1. The van der Waals surface area contributed by atoms with Gasteiger partial charge >= 0.3 is 0 Å². The standard InChI is InChI=1S/C9H14N4OS/c1-5(2)13-8(14)6-4-10-9(15-3)11-7(6)12-13/h4-7,12H,1-3H3. The Kier molecular flexibility index (Phi) is 2.79. The summed E-state index contributed by atoms with van der Waals surface area (Å²) >= 11 is 1.49. The Morgan fingerprint density at radius 2 is 2.33 bits per heavy atom. The number of amides is 1. The van der Waals surface area contributed by atoms with Crippen molar-refractivity contribution >= 4 is 29.1 Å². The van der Waals surface area contributed by atoms with E-state index in [4.69, 9.17) is 0 Å². The maximum atomic E-state index is 11.9. The van der Waals surface area contributed by atoms with Gasteiger partial charge in [-0.2, -0.15) is 0 Å².